The highest BCUT2D eigenvalue weighted by molar-refractivity contribution is 5.99. The number of halogens is 2. The number of nitrogens with one attached hydrogen (secondary N) is 1. The molecule has 3 N–H and O–H groups in total. The number of fused-ring (bicyclic) bond motifs is 1. The summed E-state index contributed by atoms with van der Waals surface area (Å²) >= 11 is 0. The van der Waals surface area contributed by atoms with Gasteiger partial charge in [-0.1, -0.05) is 12.1 Å². The van der Waals surface area contributed by atoms with Crippen LogP contribution in [0.25, 0.3) is 22.0 Å². The SMILES string of the molecule is N#Cc1ccc(Nc2nc(N)c3cccc(-c4c(F)cc(C=O)cc4F)c3n2)cc1. The van der Waals surface area contributed by atoms with Gasteiger partial charge in [0.2, 0.25) is 5.95 Å². The van der Waals surface area contributed by atoms with Crippen LogP contribution in [0.3, 0.4) is 0 Å². The number of aldehydes is 1. The lowest BCUT2D eigenvalue weighted by molar-refractivity contribution is 0.112. The van der Waals surface area contributed by atoms with Crippen molar-refractivity contribution in [3.8, 4) is 17.2 Å². The molecule has 6 nitrogen and oxygen atoms in total. The molecule has 4 aromatic rings. The van der Waals surface area contributed by atoms with Crippen LogP contribution in [0.5, 0.6) is 0 Å². The number of aromatic nitrogens is 2. The van der Waals surface area contributed by atoms with Gasteiger partial charge in [0.1, 0.15) is 23.7 Å². The lowest BCUT2D eigenvalue weighted by atomic mass is 9.99. The summed E-state index contributed by atoms with van der Waals surface area (Å²) < 4.78 is 29.2. The van der Waals surface area contributed by atoms with E-state index in [1.165, 1.54) is 6.07 Å². The number of anilines is 3. The Labute approximate surface area is 169 Å². The van der Waals surface area contributed by atoms with Crippen LogP contribution in [0.2, 0.25) is 0 Å². The van der Waals surface area contributed by atoms with E-state index in [9.17, 15) is 13.6 Å². The Morgan fingerprint density at radius 3 is 2.37 bits per heavy atom. The molecule has 0 unspecified atom stereocenters. The Morgan fingerprint density at radius 1 is 1.03 bits per heavy atom. The third-order valence-corrected chi connectivity index (χ3v) is 4.50. The summed E-state index contributed by atoms with van der Waals surface area (Å²) in [6.45, 7) is 0. The molecule has 0 spiro atoms. The Kier molecular flexibility index (Phi) is 4.78. The molecule has 0 radical (unpaired) electrons. The van der Waals surface area contributed by atoms with E-state index < -0.39 is 11.6 Å². The third kappa shape index (κ3) is 3.40. The number of para-hydroxylation sites is 1. The zero-order valence-corrected chi connectivity index (χ0v) is 15.4. The molecule has 0 fully saturated rings. The van der Waals surface area contributed by atoms with E-state index in [1.807, 2.05) is 6.07 Å². The predicted molar refractivity (Wildman–Crippen MR) is 109 cm³/mol. The van der Waals surface area contributed by atoms with Gasteiger partial charge in [-0.15, -0.1) is 0 Å². The van der Waals surface area contributed by atoms with Crippen LogP contribution in [0, 0.1) is 23.0 Å². The third-order valence-electron chi connectivity index (χ3n) is 4.50. The van der Waals surface area contributed by atoms with E-state index in [-0.39, 0.29) is 34.0 Å². The van der Waals surface area contributed by atoms with Crippen LogP contribution in [0.15, 0.2) is 54.6 Å². The van der Waals surface area contributed by atoms with Crippen molar-refractivity contribution < 1.29 is 13.6 Å². The van der Waals surface area contributed by atoms with Gasteiger partial charge in [0.25, 0.3) is 0 Å². The van der Waals surface area contributed by atoms with E-state index >= 15 is 0 Å². The van der Waals surface area contributed by atoms with Gasteiger partial charge >= 0.3 is 0 Å². The van der Waals surface area contributed by atoms with Crippen LogP contribution >= 0.6 is 0 Å². The van der Waals surface area contributed by atoms with E-state index in [0.717, 1.165) is 12.1 Å². The van der Waals surface area contributed by atoms with Crippen molar-refractivity contribution in [2.45, 2.75) is 0 Å². The van der Waals surface area contributed by atoms with Crippen molar-refractivity contribution in [3.05, 3.63) is 77.4 Å². The van der Waals surface area contributed by atoms with Crippen molar-refractivity contribution in [2.75, 3.05) is 11.1 Å². The highest BCUT2D eigenvalue weighted by Gasteiger charge is 2.18. The Hall–Kier alpha value is -4.38. The highest BCUT2D eigenvalue weighted by atomic mass is 19.1. The summed E-state index contributed by atoms with van der Waals surface area (Å²) in [6.07, 6.45) is 0.374. The largest absolute Gasteiger partial charge is 0.383 e. The fraction of sp³-hybridized carbons (Fsp3) is 0. The van der Waals surface area contributed by atoms with Crippen molar-refractivity contribution in [3.63, 3.8) is 0 Å². The molecule has 0 atom stereocenters. The van der Waals surface area contributed by atoms with Gasteiger partial charge in [-0.3, -0.25) is 4.79 Å². The molecule has 30 heavy (non-hydrogen) atoms. The molecule has 0 saturated heterocycles. The average molecular weight is 401 g/mol. The average Bonchev–Trinajstić information content (AvgIpc) is 2.74. The van der Waals surface area contributed by atoms with Crippen LogP contribution in [0.1, 0.15) is 15.9 Å². The minimum absolute atomic E-state index is 0.105. The van der Waals surface area contributed by atoms with Gasteiger partial charge in [0, 0.05) is 22.2 Å². The van der Waals surface area contributed by atoms with E-state index in [4.69, 9.17) is 11.0 Å². The number of rotatable bonds is 4. The number of carbonyl (C=O) groups excluding carboxylic acids is 1. The normalized spacial score (nSPS) is 10.6. The number of nitrogen functional groups attached to an aromatic ring is 1. The van der Waals surface area contributed by atoms with Gasteiger partial charge in [0.05, 0.1) is 22.7 Å². The number of benzene rings is 3. The van der Waals surface area contributed by atoms with E-state index in [0.29, 0.717) is 22.9 Å². The number of nitriles is 1. The second kappa shape index (κ2) is 7.56. The summed E-state index contributed by atoms with van der Waals surface area (Å²) in [6, 6.07) is 15.3. The molecular weight excluding hydrogens is 388 g/mol. The molecule has 1 aromatic heterocycles. The maximum atomic E-state index is 14.6. The van der Waals surface area contributed by atoms with Crippen molar-refractivity contribution in [1.29, 1.82) is 5.26 Å². The molecule has 0 bridgehead atoms. The molecule has 4 rings (SSSR count). The predicted octanol–water partition coefficient (Wildman–Crippen LogP) is 4.58. The number of carbonyl (C=O) groups is 1. The van der Waals surface area contributed by atoms with Crippen molar-refractivity contribution in [2.24, 2.45) is 0 Å². The van der Waals surface area contributed by atoms with Gasteiger partial charge in [-0.2, -0.15) is 10.2 Å². The lowest BCUT2D eigenvalue weighted by Crippen LogP contribution is -2.03. The summed E-state index contributed by atoms with van der Waals surface area (Å²) in [5.74, 6) is -1.52. The molecule has 0 amide bonds. The molecule has 0 saturated carbocycles. The minimum Gasteiger partial charge on any atom is -0.383 e. The highest BCUT2D eigenvalue weighted by Crippen LogP contribution is 2.34. The second-order valence-electron chi connectivity index (χ2n) is 6.43. The Bertz CT molecular complexity index is 1310. The molecule has 8 heteroatoms. The van der Waals surface area contributed by atoms with Crippen molar-refractivity contribution >= 4 is 34.6 Å². The summed E-state index contributed by atoms with van der Waals surface area (Å²) in [5.41, 5.74) is 7.17. The van der Waals surface area contributed by atoms with E-state index in [1.54, 1.807) is 36.4 Å². The maximum absolute atomic E-state index is 14.6. The maximum Gasteiger partial charge on any atom is 0.229 e. The number of hydrogen-bond acceptors (Lipinski definition) is 6. The van der Waals surface area contributed by atoms with Crippen LogP contribution in [-0.4, -0.2) is 16.3 Å². The Balaban J connectivity index is 1.86. The van der Waals surface area contributed by atoms with E-state index in [2.05, 4.69) is 15.3 Å². The zero-order valence-electron chi connectivity index (χ0n) is 15.4. The monoisotopic (exact) mass is 401 g/mol. The molecule has 0 aliphatic carbocycles. The number of nitrogens with two attached hydrogens (primary N) is 1. The molecule has 0 aliphatic heterocycles. The first-order valence-corrected chi connectivity index (χ1v) is 8.78. The smallest absolute Gasteiger partial charge is 0.229 e. The minimum atomic E-state index is -0.886. The molecular formula is C22H13F2N5O. The van der Waals surface area contributed by atoms with Crippen LogP contribution < -0.4 is 11.1 Å². The fourth-order valence-corrected chi connectivity index (χ4v) is 3.11. The van der Waals surface area contributed by atoms with Crippen LogP contribution in [0.4, 0.5) is 26.2 Å². The van der Waals surface area contributed by atoms with Crippen LogP contribution in [-0.2, 0) is 0 Å². The number of nitrogens with zero attached hydrogens (tertiary/aromatic N) is 3. The zero-order chi connectivity index (χ0) is 21.3. The van der Waals surface area contributed by atoms with Gasteiger partial charge in [-0.05, 0) is 42.5 Å². The van der Waals surface area contributed by atoms with Gasteiger partial charge in [-0.25, -0.2) is 13.8 Å². The standard InChI is InChI=1S/C22H13F2N5O/c23-17-8-13(11-30)9-18(24)19(17)15-2-1-3-16-20(15)28-22(29-21(16)26)27-14-6-4-12(10-25)5-7-14/h1-9,11H,(H3,26,27,28,29). The first-order valence-electron chi connectivity index (χ1n) is 8.78. The number of hydrogen-bond donors (Lipinski definition) is 2. The topological polar surface area (TPSA) is 105 Å². The van der Waals surface area contributed by atoms with Crippen molar-refractivity contribution in [1.82, 2.24) is 9.97 Å². The summed E-state index contributed by atoms with van der Waals surface area (Å²) in [7, 11) is 0. The molecule has 146 valence electrons. The second-order valence-corrected chi connectivity index (χ2v) is 6.43. The molecule has 0 aliphatic rings. The van der Waals surface area contributed by atoms with Gasteiger partial charge < -0.3 is 11.1 Å². The summed E-state index contributed by atoms with van der Waals surface area (Å²) in [5, 5.41) is 12.3. The Morgan fingerprint density at radius 2 is 1.73 bits per heavy atom. The lowest BCUT2D eigenvalue weighted by Gasteiger charge is -2.12. The summed E-state index contributed by atoms with van der Waals surface area (Å²) in [4.78, 5) is 19.5. The first kappa shape index (κ1) is 19.0. The van der Waals surface area contributed by atoms with Gasteiger partial charge in [0.15, 0.2) is 0 Å². The molecule has 3 aromatic carbocycles. The molecule has 1 heterocycles. The first-order chi connectivity index (χ1) is 14.5. The fourth-order valence-electron chi connectivity index (χ4n) is 3.11. The quantitative estimate of drug-likeness (QED) is 0.485.